The monoisotopic (exact) mass is 229 g/mol. The summed E-state index contributed by atoms with van der Waals surface area (Å²) >= 11 is 0. The second-order valence-electron chi connectivity index (χ2n) is 4.71. The van der Waals surface area contributed by atoms with Crippen molar-refractivity contribution >= 4 is 5.97 Å². The molecular formula is C12H23NO3. The summed E-state index contributed by atoms with van der Waals surface area (Å²) in [7, 11) is 1.45. The van der Waals surface area contributed by atoms with E-state index in [-0.39, 0.29) is 5.97 Å². The largest absolute Gasteiger partial charge is 0.469 e. The van der Waals surface area contributed by atoms with E-state index in [1.807, 2.05) is 0 Å². The summed E-state index contributed by atoms with van der Waals surface area (Å²) in [5.41, 5.74) is 0. The lowest BCUT2D eigenvalue weighted by atomic mass is 9.99. The van der Waals surface area contributed by atoms with Crippen LogP contribution >= 0.6 is 0 Å². The van der Waals surface area contributed by atoms with Gasteiger partial charge in [-0.2, -0.15) is 0 Å². The number of morpholine rings is 1. The van der Waals surface area contributed by atoms with Crippen LogP contribution in [0.15, 0.2) is 0 Å². The van der Waals surface area contributed by atoms with E-state index in [1.54, 1.807) is 0 Å². The van der Waals surface area contributed by atoms with Crippen LogP contribution in [0.1, 0.15) is 26.7 Å². The molecule has 0 radical (unpaired) electrons. The van der Waals surface area contributed by atoms with E-state index in [0.717, 1.165) is 32.7 Å². The average molecular weight is 229 g/mol. The number of nitrogens with zero attached hydrogens (tertiary/aromatic N) is 1. The Hall–Kier alpha value is -0.610. The van der Waals surface area contributed by atoms with E-state index in [1.165, 1.54) is 7.11 Å². The molecule has 4 heteroatoms. The zero-order valence-electron chi connectivity index (χ0n) is 10.6. The molecule has 94 valence electrons. The van der Waals surface area contributed by atoms with Crippen molar-refractivity contribution < 1.29 is 14.3 Å². The Kier molecular flexibility index (Phi) is 5.77. The van der Waals surface area contributed by atoms with Crippen molar-refractivity contribution in [1.82, 2.24) is 4.90 Å². The molecule has 0 bridgehead atoms. The molecule has 0 saturated carbocycles. The van der Waals surface area contributed by atoms with Crippen LogP contribution in [-0.2, 0) is 14.3 Å². The highest BCUT2D eigenvalue weighted by Gasteiger charge is 2.24. The molecule has 1 heterocycles. The van der Waals surface area contributed by atoms with Gasteiger partial charge in [0.05, 0.1) is 26.7 Å². The molecule has 1 aliphatic rings. The Morgan fingerprint density at radius 2 is 2.00 bits per heavy atom. The molecule has 4 nitrogen and oxygen atoms in total. The first-order chi connectivity index (χ1) is 7.63. The SMILES string of the molecule is COC(=O)CC(CC(C)C)N1CCOCC1. The van der Waals surface area contributed by atoms with Crippen LogP contribution in [0, 0.1) is 5.92 Å². The van der Waals surface area contributed by atoms with E-state index in [0.29, 0.717) is 18.4 Å². The van der Waals surface area contributed by atoms with E-state index < -0.39 is 0 Å². The van der Waals surface area contributed by atoms with Crippen LogP contribution in [0.5, 0.6) is 0 Å². The quantitative estimate of drug-likeness (QED) is 0.666. The van der Waals surface area contributed by atoms with Crippen LogP contribution in [-0.4, -0.2) is 50.3 Å². The third-order valence-electron chi connectivity index (χ3n) is 2.94. The first-order valence-corrected chi connectivity index (χ1v) is 6.02. The summed E-state index contributed by atoms with van der Waals surface area (Å²) in [6, 6.07) is 0.302. The van der Waals surface area contributed by atoms with E-state index in [4.69, 9.17) is 9.47 Å². The molecule has 0 N–H and O–H groups in total. The third-order valence-corrected chi connectivity index (χ3v) is 2.94. The maximum Gasteiger partial charge on any atom is 0.307 e. The molecule has 0 aliphatic carbocycles. The Labute approximate surface area is 97.9 Å². The van der Waals surface area contributed by atoms with Crippen molar-refractivity contribution in [2.45, 2.75) is 32.7 Å². The van der Waals surface area contributed by atoms with Crippen LogP contribution in [0.25, 0.3) is 0 Å². The number of hydrogen-bond acceptors (Lipinski definition) is 4. The van der Waals surface area contributed by atoms with Crippen molar-refractivity contribution in [3.05, 3.63) is 0 Å². The topological polar surface area (TPSA) is 38.8 Å². The Bertz CT molecular complexity index is 212. The third kappa shape index (κ3) is 4.49. The summed E-state index contributed by atoms with van der Waals surface area (Å²) in [6.45, 7) is 7.77. The predicted molar refractivity (Wildman–Crippen MR) is 62.3 cm³/mol. The first kappa shape index (κ1) is 13.5. The van der Waals surface area contributed by atoms with Crippen molar-refractivity contribution in [3.63, 3.8) is 0 Å². The molecule has 0 spiro atoms. The van der Waals surface area contributed by atoms with Crippen molar-refractivity contribution in [2.24, 2.45) is 5.92 Å². The molecule has 1 saturated heterocycles. The molecule has 0 aromatic heterocycles. The highest BCUT2D eigenvalue weighted by molar-refractivity contribution is 5.69. The second kappa shape index (κ2) is 6.86. The fourth-order valence-electron chi connectivity index (χ4n) is 2.12. The van der Waals surface area contributed by atoms with Gasteiger partial charge in [0.2, 0.25) is 0 Å². The fourth-order valence-corrected chi connectivity index (χ4v) is 2.12. The van der Waals surface area contributed by atoms with Gasteiger partial charge in [0, 0.05) is 19.1 Å². The van der Waals surface area contributed by atoms with Crippen molar-refractivity contribution in [2.75, 3.05) is 33.4 Å². The lowest BCUT2D eigenvalue weighted by molar-refractivity contribution is -0.142. The fraction of sp³-hybridized carbons (Fsp3) is 0.917. The van der Waals surface area contributed by atoms with E-state index >= 15 is 0 Å². The number of methoxy groups -OCH3 is 1. The van der Waals surface area contributed by atoms with Gasteiger partial charge in [0.25, 0.3) is 0 Å². The normalized spacial score (nSPS) is 19.8. The van der Waals surface area contributed by atoms with Gasteiger partial charge in [0.1, 0.15) is 0 Å². The zero-order valence-corrected chi connectivity index (χ0v) is 10.6. The Morgan fingerprint density at radius 3 is 2.50 bits per heavy atom. The van der Waals surface area contributed by atoms with Gasteiger partial charge in [-0.15, -0.1) is 0 Å². The molecule has 1 fully saturated rings. The number of hydrogen-bond donors (Lipinski definition) is 0. The molecule has 0 aromatic carbocycles. The number of ether oxygens (including phenoxy) is 2. The zero-order chi connectivity index (χ0) is 12.0. The number of carbonyl (C=O) groups excluding carboxylic acids is 1. The number of rotatable bonds is 5. The van der Waals surface area contributed by atoms with Gasteiger partial charge in [-0.05, 0) is 12.3 Å². The molecule has 0 aromatic rings. The standard InChI is InChI=1S/C12H23NO3/c1-10(2)8-11(9-12(14)15-3)13-4-6-16-7-5-13/h10-11H,4-9H2,1-3H3. The van der Waals surface area contributed by atoms with Gasteiger partial charge in [-0.25, -0.2) is 0 Å². The second-order valence-corrected chi connectivity index (χ2v) is 4.71. The van der Waals surface area contributed by atoms with Gasteiger partial charge in [0.15, 0.2) is 0 Å². The van der Waals surface area contributed by atoms with E-state index in [9.17, 15) is 4.79 Å². The van der Waals surface area contributed by atoms with Crippen LogP contribution < -0.4 is 0 Å². The molecule has 16 heavy (non-hydrogen) atoms. The first-order valence-electron chi connectivity index (χ1n) is 6.02. The van der Waals surface area contributed by atoms with Gasteiger partial charge in [-0.1, -0.05) is 13.8 Å². The smallest absolute Gasteiger partial charge is 0.307 e. The molecule has 1 unspecified atom stereocenters. The summed E-state index contributed by atoms with van der Waals surface area (Å²) in [5, 5.41) is 0. The highest BCUT2D eigenvalue weighted by atomic mass is 16.5. The number of esters is 1. The maximum absolute atomic E-state index is 11.4. The summed E-state index contributed by atoms with van der Waals surface area (Å²) in [5.74, 6) is 0.481. The molecular weight excluding hydrogens is 206 g/mol. The average Bonchev–Trinajstić information content (AvgIpc) is 2.28. The Balaban J connectivity index is 2.50. The van der Waals surface area contributed by atoms with Gasteiger partial charge >= 0.3 is 5.97 Å². The summed E-state index contributed by atoms with van der Waals surface area (Å²) in [4.78, 5) is 13.7. The van der Waals surface area contributed by atoms with Gasteiger partial charge < -0.3 is 9.47 Å². The Morgan fingerprint density at radius 1 is 1.38 bits per heavy atom. The highest BCUT2D eigenvalue weighted by Crippen LogP contribution is 2.16. The summed E-state index contributed by atoms with van der Waals surface area (Å²) in [6.07, 6.45) is 1.53. The predicted octanol–water partition coefficient (Wildman–Crippen LogP) is 1.30. The molecule has 1 atom stereocenters. The molecule has 1 rings (SSSR count). The van der Waals surface area contributed by atoms with E-state index in [2.05, 4.69) is 18.7 Å². The van der Waals surface area contributed by atoms with Gasteiger partial charge in [-0.3, -0.25) is 9.69 Å². The summed E-state index contributed by atoms with van der Waals surface area (Å²) < 4.78 is 10.1. The minimum atomic E-state index is -0.114. The maximum atomic E-state index is 11.4. The van der Waals surface area contributed by atoms with Crippen LogP contribution in [0.4, 0.5) is 0 Å². The van der Waals surface area contributed by atoms with Crippen LogP contribution in [0.3, 0.4) is 0 Å². The minimum Gasteiger partial charge on any atom is -0.469 e. The van der Waals surface area contributed by atoms with Crippen LogP contribution in [0.2, 0.25) is 0 Å². The van der Waals surface area contributed by atoms with Crippen molar-refractivity contribution in [1.29, 1.82) is 0 Å². The number of carbonyl (C=O) groups is 1. The van der Waals surface area contributed by atoms with Crippen molar-refractivity contribution in [3.8, 4) is 0 Å². The lowest BCUT2D eigenvalue weighted by Gasteiger charge is -2.34. The molecule has 0 amide bonds. The lowest BCUT2D eigenvalue weighted by Crippen LogP contribution is -2.45. The molecule has 1 aliphatic heterocycles. The minimum absolute atomic E-state index is 0.114.